The molecule has 6 rings (SSSR count). The highest BCUT2D eigenvalue weighted by Gasteiger charge is 2.66. The predicted molar refractivity (Wildman–Crippen MR) is 143 cm³/mol. The van der Waals surface area contributed by atoms with Gasteiger partial charge in [-0.3, -0.25) is 19.3 Å². The lowest BCUT2D eigenvalue weighted by Crippen LogP contribution is -2.53. The van der Waals surface area contributed by atoms with E-state index in [0.717, 1.165) is 22.6 Å². The molecule has 1 spiro atoms. The Hall–Kier alpha value is -3.85. The van der Waals surface area contributed by atoms with E-state index in [1.165, 1.54) is 16.2 Å². The van der Waals surface area contributed by atoms with Gasteiger partial charge in [0.2, 0.25) is 10.9 Å². The third-order valence-corrected chi connectivity index (χ3v) is 8.27. The number of amides is 2. The quantitative estimate of drug-likeness (QED) is 0.377. The van der Waals surface area contributed by atoms with E-state index in [0.29, 0.717) is 41.6 Å². The molecule has 2 aromatic heterocycles. The molecule has 2 amide bonds. The maximum atomic E-state index is 14.5. The van der Waals surface area contributed by atoms with Gasteiger partial charge >= 0.3 is 0 Å². The van der Waals surface area contributed by atoms with Crippen LogP contribution in [0.1, 0.15) is 64.5 Å². The normalized spacial score (nSPS) is 18.4. The summed E-state index contributed by atoms with van der Waals surface area (Å²) in [6.07, 6.45) is 2.27. The molecule has 0 aliphatic carbocycles. The number of hydrogen-bond donors (Lipinski definition) is 0. The smallest absolute Gasteiger partial charge is 0.297 e. The van der Waals surface area contributed by atoms with Gasteiger partial charge in [0.05, 0.1) is 16.6 Å². The average Bonchev–Trinajstić information content (AvgIpc) is 3.51. The molecule has 8 nitrogen and oxygen atoms in total. The maximum Gasteiger partial charge on any atom is 0.297 e. The zero-order chi connectivity index (χ0) is 26.1. The number of carbonyl (C=O) groups excluding carboxylic acids is 2. The van der Waals surface area contributed by atoms with Crippen molar-refractivity contribution in [3.05, 3.63) is 79.6 Å². The number of aromatic nitrogens is 2. The second-order valence-corrected chi connectivity index (χ2v) is 10.7. The Bertz CT molecular complexity index is 1670. The number of anilines is 2. The van der Waals surface area contributed by atoms with Crippen LogP contribution in [0.5, 0.6) is 0 Å². The lowest BCUT2D eigenvalue weighted by atomic mass is 9.84. The Balaban J connectivity index is 1.74. The molecule has 1 unspecified atom stereocenters. The second kappa shape index (κ2) is 8.34. The fourth-order valence-corrected chi connectivity index (χ4v) is 6.51. The Kier molecular flexibility index (Phi) is 5.31. The molecule has 2 aliphatic rings. The number of nitrogens with zero attached hydrogens (tertiary/aromatic N) is 4. The van der Waals surface area contributed by atoms with Crippen LogP contribution in [-0.2, 0) is 16.8 Å². The minimum absolute atomic E-state index is 0.0524. The monoisotopic (exact) mass is 514 g/mol. The number of rotatable bonds is 5. The van der Waals surface area contributed by atoms with Crippen molar-refractivity contribution in [2.24, 2.45) is 0 Å². The molecule has 0 saturated carbocycles. The Morgan fingerprint density at radius 1 is 1.00 bits per heavy atom. The first-order chi connectivity index (χ1) is 17.8. The summed E-state index contributed by atoms with van der Waals surface area (Å²) >= 11 is 1.26. The Labute approximate surface area is 217 Å². The van der Waals surface area contributed by atoms with Crippen LogP contribution in [0, 0.1) is 13.8 Å². The van der Waals surface area contributed by atoms with E-state index in [9.17, 15) is 14.4 Å². The fourth-order valence-electron chi connectivity index (χ4n) is 5.51. The topological polar surface area (TPSA) is 96.6 Å². The van der Waals surface area contributed by atoms with Crippen LogP contribution in [0.15, 0.2) is 45.6 Å². The molecule has 188 valence electrons. The first-order valence-electron chi connectivity index (χ1n) is 12.5. The van der Waals surface area contributed by atoms with Gasteiger partial charge < -0.3 is 9.32 Å². The summed E-state index contributed by atoms with van der Waals surface area (Å²) in [4.78, 5) is 46.0. The molecule has 4 heterocycles. The summed E-state index contributed by atoms with van der Waals surface area (Å²) in [6, 6.07) is 10.9. The molecule has 37 heavy (non-hydrogen) atoms. The summed E-state index contributed by atoms with van der Waals surface area (Å²) in [6.45, 7) is 8.32. The van der Waals surface area contributed by atoms with E-state index < -0.39 is 11.4 Å². The van der Waals surface area contributed by atoms with Crippen LogP contribution in [0.2, 0.25) is 0 Å². The highest BCUT2D eigenvalue weighted by Crippen LogP contribution is 2.54. The van der Waals surface area contributed by atoms with E-state index >= 15 is 0 Å². The minimum atomic E-state index is -1.71. The summed E-state index contributed by atoms with van der Waals surface area (Å²) in [5, 5.41) is 10.00. The van der Waals surface area contributed by atoms with Gasteiger partial charge in [0, 0.05) is 18.5 Å². The van der Waals surface area contributed by atoms with Crippen LogP contribution in [0.25, 0.3) is 11.0 Å². The maximum absolute atomic E-state index is 14.5. The molecule has 0 fully saturated rings. The van der Waals surface area contributed by atoms with Crippen molar-refractivity contribution in [1.82, 2.24) is 10.2 Å². The van der Waals surface area contributed by atoms with Crippen molar-refractivity contribution < 1.29 is 14.0 Å². The lowest BCUT2D eigenvalue weighted by Gasteiger charge is -2.32. The van der Waals surface area contributed by atoms with Crippen molar-refractivity contribution in [1.29, 1.82) is 0 Å². The van der Waals surface area contributed by atoms with E-state index in [2.05, 4.69) is 10.2 Å². The molecule has 2 aliphatic heterocycles. The van der Waals surface area contributed by atoms with Gasteiger partial charge in [-0.15, -0.1) is 10.2 Å². The molecule has 9 heteroatoms. The van der Waals surface area contributed by atoms with Crippen LogP contribution in [0.3, 0.4) is 0 Å². The molecule has 0 saturated heterocycles. The highest BCUT2D eigenvalue weighted by molar-refractivity contribution is 7.15. The van der Waals surface area contributed by atoms with Gasteiger partial charge in [-0.2, -0.15) is 0 Å². The van der Waals surface area contributed by atoms with Crippen molar-refractivity contribution in [3.8, 4) is 0 Å². The van der Waals surface area contributed by atoms with Crippen LogP contribution in [-0.4, -0.2) is 28.6 Å². The molecular weight excluding hydrogens is 488 g/mol. The van der Waals surface area contributed by atoms with Crippen molar-refractivity contribution in [2.45, 2.75) is 52.5 Å². The second-order valence-electron chi connectivity index (χ2n) is 9.62. The van der Waals surface area contributed by atoms with Crippen molar-refractivity contribution >= 4 is 44.9 Å². The van der Waals surface area contributed by atoms with Gasteiger partial charge in [-0.05, 0) is 56.0 Å². The molecule has 2 aromatic carbocycles. The predicted octanol–water partition coefficient (Wildman–Crippen LogP) is 4.87. The van der Waals surface area contributed by atoms with E-state index in [-0.39, 0.29) is 27.8 Å². The summed E-state index contributed by atoms with van der Waals surface area (Å²) in [7, 11) is 0. The van der Waals surface area contributed by atoms with E-state index in [1.807, 2.05) is 52.0 Å². The molecule has 4 aromatic rings. The van der Waals surface area contributed by atoms with Gasteiger partial charge in [0.25, 0.3) is 11.8 Å². The largest absolute Gasteiger partial charge is 0.450 e. The van der Waals surface area contributed by atoms with Crippen molar-refractivity contribution in [2.75, 3.05) is 16.3 Å². The average molecular weight is 515 g/mol. The SMILES string of the molecule is CCCc1nnc(N2C(=O)c3oc4cc(C)c(C)cc4c(=O)c3C23C(=O)N(CCC)c2ccccc23)s1. The summed E-state index contributed by atoms with van der Waals surface area (Å²) < 4.78 is 6.18. The summed E-state index contributed by atoms with van der Waals surface area (Å²) in [5.41, 5.74) is 1.40. The molecule has 0 bridgehead atoms. The van der Waals surface area contributed by atoms with Gasteiger partial charge in [0.1, 0.15) is 10.6 Å². The molecule has 0 radical (unpaired) electrons. The first-order valence-corrected chi connectivity index (χ1v) is 13.3. The molecular formula is C28H26N4O4S. The molecule has 1 atom stereocenters. The van der Waals surface area contributed by atoms with Gasteiger partial charge in [-0.1, -0.05) is 43.4 Å². The third-order valence-electron chi connectivity index (χ3n) is 7.30. The number of carbonyl (C=O) groups is 2. The fraction of sp³-hybridized carbons (Fsp3) is 0.321. The van der Waals surface area contributed by atoms with Crippen LogP contribution in [0.4, 0.5) is 10.8 Å². The third kappa shape index (κ3) is 3.03. The Morgan fingerprint density at radius 3 is 2.51 bits per heavy atom. The lowest BCUT2D eigenvalue weighted by molar-refractivity contribution is -0.121. The number of aryl methyl sites for hydroxylation is 3. The zero-order valence-electron chi connectivity index (χ0n) is 21.1. The number of fused-ring (bicyclic) bond motifs is 5. The van der Waals surface area contributed by atoms with Crippen LogP contribution >= 0.6 is 11.3 Å². The van der Waals surface area contributed by atoms with Gasteiger partial charge in [0.15, 0.2) is 11.0 Å². The molecule has 0 N–H and O–H groups in total. The number of benzene rings is 2. The standard InChI is InChI=1S/C28H26N4O4S/c1-5-9-21-29-30-27(37-21)32-25(34)24-22(23(33)17-13-15(3)16(4)14-20(17)36-24)28(32)18-10-7-8-11-19(18)31(12-6-2)26(28)35/h7-8,10-11,13-14H,5-6,9,12H2,1-4H3. The minimum Gasteiger partial charge on any atom is -0.450 e. The van der Waals surface area contributed by atoms with Crippen molar-refractivity contribution in [3.63, 3.8) is 0 Å². The summed E-state index contributed by atoms with van der Waals surface area (Å²) in [5.74, 6) is -1.03. The highest BCUT2D eigenvalue weighted by atomic mass is 32.1. The van der Waals surface area contributed by atoms with Crippen LogP contribution < -0.4 is 15.2 Å². The zero-order valence-corrected chi connectivity index (χ0v) is 21.9. The number of hydrogen-bond acceptors (Lipinski definition) is 7. The van der Waals surface area contributed by atoms with Gasteiger partial charge in [-0.25, -0.2) is 0 Å². The number of para-hydroxylation sites is 1. The van der Waals surface area contributed by atoms with E-state index in [4.69, 9.17) is 4.42 Å². The Morgan fingerprint density at radius 2 is 1.76 bits per heavy atom. The van der Waals surface area contributed by atoms with E-state index in [1.54, 1.807) is 17.0 Å². The first kappa shape index (κ1) is 23.5.